The van der Waals surface area contributed by atoms with E-state index in [1.165, 1.54) is 25.7 Å². The highest BCUT2D eigenvalue weighted by Crippen LogP contribution is 2.34. The summed E-state index contributed by atoms with van der Waals surface area (Å²) in [5, 5.41) is 18.0. The third-order valence-electron chi connectivity index (χ3n) is 3.46. The highest BCUT2D eigenvalue weighted by molar-refractivity contribution is 4.75. The Kier molecular flexibility index (Phi) is 4.74. The van der Waals surface area contributed by atoms with Gasteiger partial charge in [0.25, 0.3) is 0 Å². The Labute approximate surface area is 81.0 Å². The minimum Gasteiger partial charge on any atom is -0.396 e. The van der Waals surface area contributed by atoms with Crippen molar-refractivity contribution in [3.8, 4) is 0 Å². The summed E-state index contributed by atoms with van der Waals surface area (Å²) >= 11 is 0. The molecule has 0 saturated heterocycles. The van der Waals surface area contributed by atoms with Gasteiger partial charge < -0.3 is 10.2 Å². The summed E-state index contributed by atoms with van der Waals surface area (Å²) in [5.74, 6) is 1.87. The van der Waals surface area contributed by atoms with Crippen LogP contribution in [0.15, 0.2) is 0 Å². The van der Waals surface area contributed by atoms with Crippen molar-refractivity contribution < 1.29 is 10.2 Å². The lowest BCUT2D eigenvalue weighted by Gasteiger charge is -2.31. The highest BCUT2D eigenvalue weighted by atomic mass is 16.3. The number of rotatable bonds is 4. The molecule has 78 valence electrons. The van der Waals surface area contributed by atoms with Crippen molar-refractivity contribution in [3.63, 3.8) is 0 Å². The van der Waals surface area contributed by atoms with Crippen LogP contribution in [0.2, 0.25) is 0 Å². The average molecular weight is 186 g/mol. The molecule has 0 aromatic carbocycles. The van der Waals surface area contributed by atoms with Gasteiger partial charge in [-0.3, -0.25) is 0 Å². The average Bonchev–Trinajstić information content (AvgIpc) is 2.16. The molecule has 1 fully saturated rings. The van der Waals surface area contributed by atoms with Gasteiger partial charge in [0.2, 0.25) is 0 Å². The van der Waals surface area contributed by atoms with Crippen LogP contribution >= 0.6 is 0 Å². The zero-order chi connectivity index (χ0) is 9.68. The second-order valence-electron chi connectivity index (χ2n) is 4.47. The first kappa shape index (κ1) is 11.0. The second-order valence-corrected chi connectivity index (χ2v) is 4.47. The molecule has 1 aliphatic rings. The monoisotopic (exact) mass is 186 g/mol. The van der Waals surface area contributed by atoms with Gasteiger partial charge in [-0.25, -0.2) is 0 Å². The summed E-state index contributed by atoms with van der Waals surface area (Å²) < 4.78 is 0. The van der Waals surface area contributed by atoms with E-state index in [1.807, 2.05) is 0 Å². The van der Waals surface area contributed by atoms with E-state index in [9.17, 15) is 0 Å². The summed E-state index contributed by atoms with van der Waals surface area (Å²) in [4.78, 5) is 0. The fourth-order valence-electron chi connectivity index (χ4n) is 2.40. The third kappa shape index (κ3) is 3.28. The van der Waals surface area contributed by atoms with Crippen molar-refractivity contribution >= 4 is 0 Å². The third-order valence-corrected chi connectivity index (χ3v) is 3.46. The van der Waals surface area contributed by atoms with E-state index in [1.54, 1.807) is 0 Å². The molecule has 0 radical (unpaired) electrons. The van der Waals surface area contributed by atoms with Gasteiger partial charge in [-0.1, -0.05) is 19.8 Å². The molecule has 1 aliphatic carbocycles. The van der Waals surface area contributed by atoms with Crippen molar-refractivity contribution in [2.75, 3.05) is 13.2 Å². The van der Waals surface area contributed by atoms with Crippen molar-refractivity contribution in [2.24, 2.45) is 17.8 Å². The molecule has 0 aliphatic heterocycles. The van der Waals surface area contributed by atoms with E-state index >= 15 is 0 Å². The summed E-state index contributed by atoms with van der Waals surface area (Å²) in [5.41, 5.74) is 0. The predicted octanol–water partition coefficient (Wildman–Crippen LogP) is 1.80. The predicted molar refractivity (Wildman–Crippen MR) is 53.4 cm³/mol. The van der Waals surface area contributed by atoms with Gasteiger partial charge >= 0.3 is 0 Å². The van der Waals surface area contributed by atoms with E-state index in [-0.39, 0.29) is 13.2 Å². The highest BCUT2D eigenvalue weighted by Gasteiger charge is 2.24. The Hall–Kier alpha value is -0.0800. The van der Waals surface area contributed by atoms with Crippen LogP contribution in [0.4, 0.5) is 0 Å². The van der Waals surface area contributed by atoms with Crippen LogP contribution in [-0.4, -0.2) is 23.4 Å². The maximum Gasteiger partial charge on any atom is 0.0462 e. The topological polar surface area (TPSA) is 40.5 Å². The summed E-state index contributed by atoms with van der Waals surface area (Å²) in [7, 11) is 0. The molecule has 0 spiro atoms. The Morgan fingerprint density at radius 1 is 1.15 bits per heavy atom. The maximum atomic E-state index is 9.16. The number of hydrogen-bond donors (Lipinski definition) is 2. The molecule has 0 heterocycles. The largest absolute Gasteiger partial charge is 0.396 e. The number of aliphatic hydroxyl groups excluding tert-OH is 2. The number of aliphatic hydroxyl groups is 2. The van der Waals surface area contributed by atoms with Crippen LogP contribution < -0.4 is 0 Å². The number of hydrogen-bond acceptors (Lipinski definition) is 2. The van der Waals surface area contributed by atoms with Gasteiger partial charge in [0, 0.05) is 13.2 Å². The smallest absolute Gasteiger partial charge is 0.0462 e. The first-order valence-electron chi connectivity index (χ1n) is 5.49. The van der Waals surface area contributed by atoms with Gasteiger partial charge in [0.05, 0.1) is 0 Å². The molecule has 2 heteroatoms. The van der Waals surface area contributed by atoms with Gasteiger partial charge in [-0.15, -0.1) is 0 Å². The Morgan fingerprint density at radius 3 is 2.23 bits per heavy atom. The van der Waals surface area contributed by atoms with Crippen LogP contribution in [0.1, 0.15) is 39.0 Å². The fourth-order valence-corrected chi connectivity index (χ4v) is 2.40. The van der Waals surface area contributed by atoms with Crippen LogP contribution in [0.3, 0.4) is 0 Å². The van der Waals surface area contributed by atoms with E-state index in [4.69, 9.17) is 10.2 Å². The minimum absolute atomic E-state index is 0.220. The van der Waals surface area contributed by atoms with E-state index in [2.05, 4.69) is 6.92 Å². The van der Waals surface area contributed by atoms with Crippen LogP contribution in [0.25, 0.3) is 0 Å². The molecule has 1 atom stereocenters. The second kappa shape index (κ2) is 5.61. The Morgan fingerprint density at radius 2 is 1.77 bits per heavy atom. The lowest BCUT2D eigenvalue weighted by Crippen LogP contribution is -2.24. The molecule has 2 N–H and O–H groups in total. The molecule has 0 bridgehead atoms. The lowest BCUT2D eigenvalue weighted by molar-refractivity contribution is 0.109. The summed E-state index contributed by atoms with van der Waals surface area (Å²) in [6.07, 6.45) is 5.85. The Balaban J connectivity index is 2.32. The molecule has 13 heavy (non-hydrogen) atoms. The van der Waals surface area contributed by atoms with Crippen molar-refractivity contribution in [2.45, 2.75) is 39.0 Å². The normalized spacial score (nSPS) is 31.6. The van der Waals surface area contributed by atoms with Crippen molar-refractivity contribution in [1.29, 1.82) is 0 Å². The molecular weight excluding hydrogens is 164 g/mol. The fraction of sp³-hybridized carbons (Fsp3) is 1.00. The molecule has 1 rings (SSSR count). The zero-order valence-corrected chi connectivity index (χ0v) is 8.58. The summed E-state index contributed by atoms with van der Waals surface area (Å²) in [6, 6.07) is 0. The minimum atomic E-state index is 0.220. The van der Waals surface area contributed by atoms with Gasteiger partial charge in [0.1, 0.15) is 0 Å². The molecule has 0 amide bonds. The molecular formula is C11H22O2. The molecule has 2 nitrogen and oxygen atoms in total. The van der Waals surface area contributed by atoms with Crippen LogP contribution in [-0.2, 0) is 0 Å². The quantitative estimate of drug-likeness (QED) is 0.703. The van der Waals surface area contributed by atoms with Gasteiger partial charge in [-0.2, -0.15) is 0 Å². The standard InChI is InChI=1S/C11H22O2/c1-9-2-4-10(5-3-9)11(8-13)6-7-12/h9-13H,2-8H2,1H3. The molecule has 0 aromatic rings. The molecule has 1 saturated carbocycles. The van der Waals surface area contributed by atoms with E-state index in [0.29, 0.717) is 11.8 Å². The Bertz CT molecular complexity index is 128. The lowest BCUT2D eigenvalue weighted by atomic mass is 9.75. The van der Waals surface area contributed by atoms with Gasteiger partial charge in [-0.05, 0) is 37.0 Å². The maximum absolute atomic E-state index is 9.16. The van der Waals surface area contributed by atoms with Crippen molar-refractivity contribution in [1.82, 2.24) is 0 Å². The van der Waals surface area contributed by atoms with Crippen molar-refractivity contribution in [3.05, 3.63) is 0 Å². The zero-order valence-electron chi connectivity index (χ0n) is 8.58. The van der Waals surface area contributed by atoms with E-state index < -0.39 is 0 Å². The molecule has 1 unspecified atom stereocenters. The first-order chi connectivity index (χ1) is 6.27. The van der Waals surface area contributed by atoms with Crippen LogP contribution in [0.5, 0.6) is 0 Å². The first-order valence-corrected chi connectivity index (χ1v) is 5.49. The molecule has 0 aromatic heterocycles. The van der Waals surface area contributed by atoms with Gasteiger partial charge in [0.15, 0.2) is 0 Å². The SMILES string of the molecule is CC1CCC(C(CO)CCO)CC1. The van der Waals surface area contributed by atoms with E-state index in [0.717, 1.165) is 12.3 Å². The van der Waals surface area contributed by atoms with Crippen LogP contribution in [0, 0.1) is 17.8 Å². The summed E-state index contributed by atoms with van der Waals surface area (Å²) in [6.45, 7) is 2.77.